The van der Waals surface area contributed by atoms with Crippen LogP contribution in [0, 0.1) is 11.8 Å². The second kappa shape index (κ2) is 7.58. The highest BCUT2D eigenvalue weighted by Gasteiger charge is 2.23. The van der Waals surface area contributed by atoms with Crippen molar-refractivity contribution < 1.29 is 0 Å². The average Bonchev–Trinajstić information content (AvgIpc) is 2.43. The molecule has 20 heavy (non-hydrogen) atoms. The number of piperidine rings is 1. The molecule has 0 aromatic heterocycles. The van der Waals surface area contributed by atoms with E-state index >= 15 is 0 Å². The lowest BCUT2D eigenvalue weighted by Gasteiger charge is -2.36. The molecule has 1 aromatic carbocycles. The van der Waals surface area contributed by atoms with Crippen molar-refractivity contribution in [1.29, 1.82) is 0 Å². The van der Waals surface area contributed by atoms with Gasteiger partial charge < -0.3 is 10.2 Å². The summed E-state index contributed by atoms with van der Waals surface area (Å²) in [6.45, 7) is 8.49. The molecule has 0 bridgehead atoms. The molecule has 3 atom stereocenters. The zero-order valence-corrected chi connectivity index (χ0v) is 14.5. The Morgan fingerprint density at radius 2 is 2.15 bits per heavy atom. The summed E-state index contributed by atoms with van der Waals surface area (Å²) in [5.41, 5.74) is 1.38. The number of nitrogens with one attached hydrogen (secondary N) is 1. The van der Waals surface area contributed by atoms with E-state index < -0.39 is 0 Å². The van der Waals surface area contributed by atoms with Crippen LogP contribution in [0.1, 0.15) is 38.3 Å². The fraction of sp³-hybridized carbons (Fsp3) is 0.647. The Labute approximate surface area is 132 Å². The number of nitrogens with zero attached hydrogens (tertiary/aromatic N) is 1. The first-order chi connectivity index (χ1) is 9.60. The van der Waals surface area contributed by atoms with Crippen LogP contribution in [0.4, 0.5) is 0 Å². The second-order valence-corrected chi connectivity index (χ2v) is 7.14. The number of rotatable bonds is 5. The number of hydrogen-bond donors (Lipinski definition) is 1. The number of halogens is 1. The third kappa shape index (κ3) is 4.31. The van der Waals surface area contributed by atoms with Gasteiger partial charge in [-0.15, -0.1) is 0 Å². The van der Waals surface area contributed by atoms with Gasteiger partial charge in [0.05, 0.1) is 0 Å². The Hall–Kier alpha value is -0.380. The molecule has 1 heterocycles. The lowest BCUT2D eigenvalue weighted by atomic mass is 9.88. The largest absolute Gasteiger partial charge is 0.313 e. The number of likely N-dealkylation sites (tertiary alicyclic amines) is 1. The van der Waals surface area contributed by atoms with Crippen molar-refractivity contribution in [1.82, 2.24) is 10.2 Å². The van der Waals surface area contributed by atoms with E-state index in [1.165, 1.54) is 38.0 Å². The molecule has 2 nitrogen and oxygen atoms in total. The van der Waals surface area contributed by atoms with Gasteiger partial charge in [0.25, 0.3) is 0 Å². The summed E-state index contributed by atoms with van der Waals surface area (Å²) in [6.07, 6.45) is 2.52. The maximum absolute atomic E-state index is 3.56. The van der Waals surface area contributed by atoms with E-state index in [2.05, 4.69) is 71.3 Å². The molecule has 0 saturated carbocycles. The first-order valence-electron chi connectivity index (χ1n) is 7.75. The van der Waals surface area contributed by atoms with E-state index in [1.807, 2.05) is 0 Å². The van der Waals surface area contributed by atoms with Crippen molar-refractivity contribution in [2.24, 2.45) is 11.8 Å². The summed E-state index contributed by atoms with van der Waals surface area (Å²) in [4.78, 5) is 2.63. The minimum absolute atomic E-state index is 0.446. The van der Waals surface area contributed by atoms with E-state index in [0.29, 0.717) is 6.04 Å². The summed E-state index contributed by atoms with van der Waals surface area (Å²) < 4.78 is 1.16. The van der Waals surface area contributed by atoms with E-state index in [0.717, 1.165) is 16.3 Å². The molecule has 3 heteroatoms. The molecule has 1 aliphatic rings. The quantitative estimate of drug-likeness (QED) is 0.870. The maximum atomic E-state index is 3.56. The van der Waals surface area contributed by atoms with Crippen LogP contribution in [0.25, 0.3) is 0 Å². The normalized spacial score (nSPS) is 25.6. The average molecular weight is 339 g/mol. The van der Waals surface area contributed by atoms with Crippen LogP contribution in [-0.2, 0) is 0 Å². The van der Waals surface area contributed by atoms with Crippen LogP contribution in [-0.4, -0.2) is 31.6 Å². The lowest BCUT2D eigenvalue weighted by molar-refractivity contribution is 0.134. The predicted octanol–water partition coefficient (Wildman–Crippen LogP) is 4.08. The Bertz CT molecular complexity index is 421. The van der Waals surface area contributed by atoms with Gasteiger partial charge in [0.1, 0.15) is 0 Å². The molecule has 1 aliphatic heterocycles. The summed E-state index contributed by atoms with van der Waals surface area (Å²) in [5, 5.41) is 3.46. The van der Waals surface area contributed by atoms with Gasteiger partial charge in [-0.05, 0) is 62.5 Å². The van der Waals surface area contributed by atoms with Crippen LogP contribution in [0.3, 0.4) is 0 Å². The van der Waals surface area contributed by atoms with Crippen LogP contribution < -0.4 is 5.32 Å². The van der Waals surface area contributed by atoms with Crippen molar-refractivity contribution in [3.8, 4) is 0 Å². The van der Waals surface area contributed by atoms with Crippen LogP contribution in [0.15, 0.2) is 28.7 Å². The van der Waals surface area contributed by atoms with Gasteiger partial charge in [-0.2, -0.15) is 0 Å². The molecule has 0 amide bonds. The number of hydrogen-bond acceptors (Lipinski definition) is 2. The van der Waals surface area contributed by atoms with Crippen LogP contribution in [0.5, 0.6) is 0 Å². The Morgan fingerprint density at radius 1 is 1.35 bits per heavy atom. The zero-order chi connectivity index (χ0) is 14.5. The van der Waals surface area contributed by atoms with Gasteiger partial charge in [-0.3, -0.25) is 0 Å². The zero-order valence-electron chi connectivity index (χ0n) is 12.9. The molecular formula is C17H27BrN2. The Balaban J connectivity index is 1.88. The summed E-state index contributed by atoms with van der Waals surface area (Å²) in [6, 6.07) is 9.09. The summed E-state index contributed by atoms with van der Waals surface area (Å²) in [7, 11) is 2.06. The van der Waals surface area contributed by atoms with Gasteiger partial charge in [-0.25, -0.2) is 0 Å². The Morgan fingerprint density at radius 3 is 2.80 bits per heavy atom. The van der Waals surface area contributed by atoms with Gasteiger partial charge in [-0.1, -0.05) is 41.9 Å². The molecule has 112 valence electrons. The Kier molecular flexibility index (Phi) is 6.06. The van der Waals surface area contributed by atoms with Crippen molar-refractivity contribution in [2.45, 2.75) is 32.7 Å². The lowest BCUT2D eigenvalue weighted by Crippen LogP contribution is -2.39. The monoisotopic (exact) mass is 338 g/mol. The molecule has 1 aromatic rings. The van der Waals surface area contributed by atoms with Crippen LogP contribution >= 0.6 is 15.9 Å². The topological polar surface area (TPSA) is 15.3 Å². The van der Waals surface area contributed by atoms with Gasteiger partial charge in [0.15, 0.2) is 0 Å². The third-order valence-electron chi connectivity index (χ3n) is 4.75. The fourth-order valence-electron chi connectivity index (χ4n) is 3.07. The molecule has 0 spiro atoms. The first kappa shape index (κ1) is 16.0. The predicted molar refractivity (Wildman–Crippen MR) is 89.9 cm³/mol. The number of benzene rings is 1. The molecule has 1 N–H and O–H groups in total. The third-order valence-corrected chi connectivity index (χ3v) is 5.25. The smallest absolute Gasteiger partial charge is 0.0330 e. The van der Waals surface area contributed by atoms with E-state index in [9.17, 15) is 0 Å². The molecular weight excluding hydrogens is 312 g/mol. The van der Waals surface area contributed by atoms with Crippen molar-refractivity contribution >= 4 is 15.9 Å². The second-order valence-electron chi connectivity index (χ2n) is 6.23. The van der Waals surface area contributed by atoms with Gasteiger partial charge >= 0.3 is 0 Å². The summed E-state index contributed by atoms with van der Waals surface area (Å²) in [5.74, 6) is 1.72. The van der Waals surface area contributed by atoms with Crippen molar-refractivity contribution in [2.75, 3.05) is 26.7 Å². The maximum Gasteiger partial charge on any atom is 0.0330 e. The molecule has 1 saturated heterocycles. The fourth-order valence-corrected chi connectivity index (χ4v) is 3.48. The highest BCUT2D eigenvalue weighted by Crippen LogP contribution is 2.25. The minimum atomic E-state index is 0.446. The highest BCUT2D eigenvalue weighted by molar-refractivity contribution is 9.10. The minimum Gasteiger partial charge on any atom is -0.313 e. The molecule has 2 rings (SSSR count). The molecule has 0 aliphatic carbocycles. The van der Waals surface area contributed by atoms with Gasteiger partial charge in [0.2, 0.25) is 0 Å². The van der Waals surface area contributed by atoms with E-state index in [-0.39, 0.29) is 0 Å². The van der Waals surface area contributed by atoms with E-state index in [4.69, 9.17) is 0 Å². The van der Waals surface area contributed by atoms with Crippen molar-refractivity contribution in [3.63, 3.8) is 0 Å². The molecule has 0 radical (unpaired) electrons. The highest BCUT2D eigenvalue weighted by atomic mass is 79.9. The summed E-state index contributed by atoms with van der Waals surface area (Å²) >= 11 is 3.56. The standard InChI is InChI=1S/C17H27BrN2/c1-13-7-9-20(12-14(13)2)10-8-17(19-3)15-5-4-6-16(18)11-15/h4-6,11,13-14,17,19H,7-10,12H2,1-3H3. The van der Waals surface area contributed by atoms with E-state index in [1.54, 1.807) is 0 Å². The molecule has 1 fully saturated rings. The SMILES string of the molecule is CNC(CCN1CCC(C)C(C)C1)c1cccc(Br)c1. The van der Waals surface area contributed by atoms with Crippen molar-refractivity contribution in [3.05, 3.63) is 34.3 Å². The first-order valence-corrected chi connectivity index (χ1v) is 8.54. The van der Waals surface area contributed by atoms with Crippen LogP contribution in [0.2, 0.25) is 0 Å². The van der Waals surface area contributed by atoms with Gasteiger partial charge in [0, 0.05) is 17.1 Å². The molecule has 3 unspecified atom stereocenters.